The first-order valence-electron chi connectivity index (χ1n) is 10.8. The molecule has 2 aromatic heterocycles. The van der Waals surface area contributed by atoms with Crippen LogP contribution in [0.15, 0.2) is 42.1 Å². The van der Waals surface area contributed by atoms with E-state index in [0.29, 0.717) is 28.1 Å². The number of ether oxygens (including phenoxy) is 1. The average Bonchev–Trinajstić information content (AvgIpc) is 3.32. The number of hydrogen-bond acceptors (Lipinski definition) is 8. The van der Waals surface area contributed by atoms with E-state index in [1.54, 1.807) is 13.0 Å². The zero-order valence-corrected chi connectivity index (χ0v) is 21.7. The van der Waals surface area contributed by atoms with Gasteiger partial charge in [0.25, 0.3) is 0 Å². The van der Waals surface area contributed by atoms with Crippen LogP contribution in [0, 0.1) is 13.8 Å². The number of thioether (sulfide) groups is 1. The highest BCUT2D eigenvalue weighted by Crippen LogP contribution is 2.33. The molecule has 0 unspecified atom stereocenters. The summed E-state index contributed by atoms with van der Waals surface area (Å²) >= 11 is 2.65. The summed E-state index contributed by atoms with van der Waals surface area (Å²) in [4.78, 5) is 28.1. The van der Waals surface area contributed by atoms with Gasteiger partial charge in [0.1, 0.15) is 5.00 Å². The number of thiophene rings is 1. The van der Waals surface area contributed by atoms with E-state index in [1.807, 2.05) is 61.7 Å². The summed E-state index contributed by atoms with van der Waals surface area (Å²) in [5.41, 5.74) is 3.26. The third-order valence-electron chi connectivity index (χ3n) is 5.12. The molecule has 3 aromatic rings. The molecule has 0 saturated heterocycles. The van der Waals surface area contributed by atoms with Crippen LogP contribution in [0.4, 0.5) is 10.7 Å². The largest absolute Gasteiger partial charge is 0.462 e. The monoisotopic (exact) mass is 499 g/mol. The molecule has 1 N–H and O–H groups in total. The van der Waals surface area contributed by atoms with Gasteiger partial charge in [0.15, 0.2) is 11.0 Å². The predicted molar refractivity (Wildman–Crippen MR) is 139 cm³/mol. The molecule has 2 heterocycles. The Labute approximate surface area is 208 Å². The van der Waals surface area contributed by atoms with Gasteiger partial charge in [-0.05, 0) is 50.6 Å². The summed E-state index contributed by atoms with van der Waals surface area (Å²) < 4.78 is 7.09. The van der Waals surface area contributed by atoms with Crippen molar-refractivity contribution in [3.63, 3.8) is 0 Å². The number of amides is 1. The van der Waals surface area contributed by atoms with Crippen molar-refractivity contribution in [3.05, 3.63) is 52.9 Å². The molecule has 0 spiro atoms. The number of rotatable bonds is 10. The van der Waals surface area contributed by atoms with Crippen molar-refractivity contribution in [2.45, 2.75) is 32.5 Å². The Morgan fingerprint density at radius 1 is 1.24 bits per heavy atom. The van der Waals surface area contributed by atoms with E-state index >= 15 is 0 Å². The highest BCUT2D eigenvalue weighted by atomic mass is 32.2. The van der Waals surface area contributed by atoms with Crippen molar-refractivity contribution in [1.29, 1.82) is 0 Å². The second kappa shape index (κ2) is 11.3. The van der Waals surface area contributed by atoms with Gasteiger partial charge in [-0.25, -0.2) is 4.79 Å². The Hall–Kier alpha value is -3.11. The highest BCUT2D eigenvalue weighted by Gasteiger charge is 2.22. The fourth-order valence-corrected chi connectivity index (χ4v) is 5.08. The van der Waals surface area contributed by atoms with Gasteiger partial charge in [-0.15, -0.1) is 28.1 Å². The third kappa shape index (κ3) is 5.68. The molecule has 1 amide bonds. The number of aromatic nitrogens is 3. The number of aryl methyl sites for hydroxylation is 1. The lowest BCUT2D eigenvalue weighted by atomic mass is 10.1. The molecule has 10 heteroatoms. The van der Waals surface area contributed by atoms with Crippen LogP contribution in [0.5, 0.6) is 0 Å². The number of nitrogens with zero attached hydrogens (tertiary/aromatic N) is 4. The maximum atomic E-state index is 12.7. The smallest absolute Gasteiger partial charge is 0.341 e. The van der Waals surface area contributed by atoms with Gasteiger partial charge in [-0.3, -0.25) is 9.36 Å². The minimum atomic E-state index is -0.428. The number of carbonyl (C=O) groups excluding carboxylic acids is 2. The second-order valence-electron chi connectivity index (χ2n) is 7.69. The first-order chi connectivity index (χ1) is 16.3. The van der Waals surface area contributed by atoms with E-state index in [1.165, 1.54) is 23.1 Å². The van der Waals surface area contributed by atoms with Crippen LogP contribution in [0.3, 0.4) is 0 Å². The predicted octanol–water partition coefficient (Wildman–Crippen LogP) is 4.78. The minimum Gasteiger partial charge on any atom is -0.462 e. The van der Waals surface area contributed by atoms with E-state index in [0.717, 1.165) is 21.7 Å². The van der Waals surface area contributed by atoms with Crippen LogP contribution in [0.25, 0.3) is 11.4 Å². The number of benzene rings is 1. The first-order valence-corrected chi connectivity index (χ1v) is 12.6. The van der Waals surface area contributed by atoms with E-state index in [9.17, 15) is 9.59 Å². The topological polar surface area (TPSA) is 89.3 Å². The number of allylic oxidation sites excluding steroid dienone is 1. The molecular weight excluding hydrogens is 470 g/mol. The fourth-order valence-electron chi connectivity index (χ4n) is 3.27. The Bertz CT molecular complexity index is 1180. The summed E-state index contributed by atoms with van der Waals surface area (Å²) in [6.07, 6.45) is 1.77. The van der Waals surface area contributed by atoms with Gasteiger partial charge in [0, 0.05) is 36.8 Å². The lowest BCUT2D eigenvalue weighted by Gasteiger charge is -2.13. The van der Waals surface area contributed by atoms with E-state index in [2.05, 4.69) is 22.1 Å². The summed E-state index contributed by atoms with van der Waals surface area (Å²) in [6.45, 7) is 10.1. The zero-order chi connectivity index (χ0) is 24.8. The van der Waals surface area contributed by atoms with Crippen molar-refractivity contribution in [1.82, 2.24) is 14.8 Å². The van der Waals surface area contributed by atoms with Gasteiger partial charge in [0.2, 0.25) is 5.91 Å². The van der Waals surface area contributed by atoms with Crippen LogP contribution in [0.1, 0.15) is 27.7 Å². The van der Waals surface area contributed by atoms with Crippen molar-refractivity contribution < 1.29 is 14.3 Å². The van der Waals surface area contributed by atoms with Gasteiger partial charge in [-0.2, -0.15) is 0 Å². The minimum absolute atomic E-state index is 0.118. The quantitative estimate of drug-likeness (QED) is 0.244. The van der Waals surface area contributed by atoms with Crippen molar-refractivity contribution in [2.24, 2.45) is 0 Å². The standard InChI is InChI=1S/C24H29N5O3S2/c1-7-13-29-21(17-9-11-18(12-10-17)28(5)6)26-27-24(29)33-14-19(30)25-22-20(23(31)32-8-2)15(3)16(4)34-22/h7,9-12H,1,8,13-14H2,2-6H3,(H,25,30). The van der Waals surface area contributed by atoms with Crippen molar-refractivity contribution in [2.75, 3.05) is 36.7 Å². The summed E-state index contributed by atoms with van der Waals surface area (Å²) in [5, 5.41) is 12.6. The molecular formula is C24H29N5O3S2. The number of nitrogens with one attached hydrogen (secondary N) is 1. The Balaban J connectivity index is 1.75. The molecule has 1 aromatic carbocycles. The molecule has 34 heavy (non-hydrogen) atoms. The van der Waals surface area contributed by atoms with Gasteiger partial charge < -0.3 is 15.0 Å². The summed E-state index contributed by atoms with van der Waals surface area (Å²) in [5.74, 6) is 0.166. The second-order valence-corrected chi connectivity index (χ2v) is 9.86. The van der Waals surface area contributed by atoms with E-state index in [4.69, 9.17) is 4.74 Å². The Morgan fingerprint density at radius 2 is 1.94 bits per heavy atom. The first kappa shape index (κ1) is 25.5. The Kier molecular flexibility index (Phi) is 8.51. The van der Waals surface area contributed by atoms with Gasteiger partial charge in [0.05, 0.1) is 17.9 Å². The molecule has 0 radical (unpaired) electrons. The summed E-state index contributed by atoms with van der Waals surface area (Å²) in [6, 6.07) is 8.04. The van der Waals surface area contributed by atoms with Crippen molar-refractivity contribution in [3.8, 4) is 11.4 Å². The molecule has 8 nitrogen and oxygen atoms in total. The highest BCUT2D eigenvalue weighted by molar-refractivity contribution is 7.99. The normalized spacial score (nSPS) is 10.7. The lowest BCUT2D eigenvalue weighted by Crippen LogP contribution is -2.17. The molecule has 0 atom stereocenters. The molecule has 0 aliphatic carbocycles. The van der Waals surface area contributed by atoms with E-state index in [-0.39, 0.29) is 18.3 Å². The third-order valence-corrected chi connectivity index (χ3v) is 7.21. The number of hydrogen-bond donors (Lipinski definition) is 1. The van der Waals surface area contributed by atoms with Gasteiger partial charge in [-0.1, -0.05) is 17.8 Å². The summed E-state index contributed by atoms with van der Waals surface area (Å²) in [7, 11) is 3.98. The van der Waals surface area contributed by atoms with Crippen LogP contribution in [0.2, 0.25) is 0 Å². The molecule has 3 rings (SSSR count). The van der Waals surface area contributed by atoms with Crippen LogP contribution < -0.4 is 10.2 Å². The molecule has 0 saturated carbocycles. The number of esters is 1. The molecule has 0 aliphatic rings. The zero-order valence-electron chi connectivity index (χ0n) is 20.0. The molecule has 0 bridgehead atoms. The van der Waals surface area contributed by atoms with Crippen LogP contribution >= 0.6 is 23.1 Å². The maximum Gasteiger partial charge on any atom is 0.341 e. The van der Waals surface area contributed by atoms with Crippen LogP contribution in [-0.2, 0) is 16.1 Å². The fraction of sp³-hybridized carbons (Fsp3) is 0.333. The van der Waals surface area contributed by atoms with Crippen LogP contribution in [-0.4, -0.2) is 53.1 Å². The van der Waals surface area contributed by atoms with Crippen molar-refractivity contribution >= 4 is 45.7 Å². The maximum absolute atomic E-state index is 12.7. The number of anilines is 2. The Morgan fingerprint density at radius 3 is 2.56 bits per heavy atom. The van der Waals surface area contributed by atoms with Gasteiger partial charge >= 0.3 is 5.97 Å². The number of carbonyl (C=O) groups is 2. The lowest BCUT2D eigenvalue weighted by molar-refractivity contribution is -0.113. The SMILES string of the molecule is C=CCn1c(SCC(=O)Nc2sc(C)c(C)c2C(=O)OCC)nnc1-c1ccc(N(C)C)cc1. The molecule has 0 fully saturated rings. The molecule has 0 aliphatic heterocycles. The average molecular weight is 500 g/mol. The van der Waals surface area contributed by atoms with E-state index < -0.39 is 5.97 Å². The molecule has 180 valence electrons.